The first-order valence-corrected chi connectivity index (χ1v) is 6.53. The maximum atomic E-state index is 12.8. The summed E-state index contributed by atoms with van der Waals surface area (Å²) in [5.41, 5.74) is 7.73. The second-order valence-electron chi connectivity index (χ2n) is 4.01. The van der Waals surface area contributed by atoms with Crippen LogP contribution in [0.5, 0.6) is 0 Å². The highest BCUT2D eigenvalue weighted by Crippen LogP contribution is 2.22. The first-order valence-electron chi connectivity index (χ1n) is 5.65. The number of benzene rings is 1. The Balaban J connectivity index is 2.15. The Morgan fingerprint density at radius 1 is 1.35 bits per heavy atom. The van der Waals surface area contributed by atoms with E-state index in [1.165, 1.54) is 12.1 Å². The number of nitrogens with two attached hydrogens (primary N) is 1. The average molecular weight is 250 g/mol. The van der Waals surface area contributed by atoms with Gasteiger partial charge in [-0.15, -0.1) is 11.3 Å². The Kier molecular flexibility index (Phi) is 3.86. The Bertz CT molecular complexity index is 478. The first kappa shape index (κ1) is 12.2. The van der Waals surface area contributed by atoms with Crippen molar-refractivity contribution in [2.24, 2.45) is 5.73 Å². The van der Waals surface area contributed by atoms with Crippen molar-refractivity contribution in [3.8, 4) is 11.3 Å². The summed E-state index contributed by atoms with van der Waals surface area (Å²) >= 11 is 1.61. The molecule has 1 atom stereocenters. The highest BCUT2D eigenvalue weighted by Gasteiger charge is 2.07. The lowest BCUT2D eigenvalue weighted by molar-refractivity contribution is 0.628. The molecule has 0 aliphatic heterocycles. The number of hydrogen-bond donors (Lipinski definition) is 1. The smallest absolute Gasteiger partial charge is 0.123 e. The molecule has 2 aromatic rings. The molecule has 0 amide bonds. The van der Waals surface area contributed by atoms with Gasteiger partial charge in [-0.3, -0.25) is 0 Å². The minimum Gasteiger partial charge on any atom is -0.327 e. The molecule has 90 valence electrons. The molecule has 17 heavy (non-hydrogen) atoms. The van der Waals surface area contributed by atoms with Crippen LogP contribution in [0.1, 0.15) is 18.4 Å². The van der Waals surface area contributed by atoms with Crippen molar-refractivity contribution in [1.29, 1.82) is 0 Å². The van der Waals surface area contributed by atoms with Crippen molar-refractivity contribution < 1.29 is 4.39 Å². The lowest BCUT2D eigenvalue weighted by atomic mass is 10.1. The van der Waals surface area contributed by atoms with Crippen molar-refractivity contribution in [1.82, 2.24) is 4.98 Å². The Labute approximate surface area is 104 Å². The largest absolute Gasteiger partial charge is 0.327 e. The molecule has 0 spiro atoms. The van der Waals surface area contributed by atoms with Crippen LogP contribution in [0.3, 0.4) is 0 Å². The van der Waals surface area contributed by atoms with Gasteiger partial charge >= 0.3 is 0 Å². The highest BCUT2D eigenvalue weighted by atomic mass is 32.1. The molecule has 0 bridgehead atoms. The highest BCUT2D eigenvalue weighted by molar-refractivity contribution is 7.09. The summed E-state index contributed by atoms with van der Waals surface area (Å²) < 4.78 is 12.8. The second kappa shape index (κ2) is 5.38. The maximum Gasteiger partial charge on any atom is 0.123 e. The molecule has 2 rings (SSSR count). The van der Waals surface area contributed by atoms with E-state index in [0.29, 0.717) is 0 Å². The fourth-order valence-corrected chi connectivity index (χ4v) is 2.42. The van der Waals surface area contributed by atoms with Crippen molar-refractivity contribution in [2.75, 3.05) is 0 Å². The molecule has 0 saturated heterocycles. The van der Waals surface area contributed by atoms with Crippen LogP contribution < -0.4 is 5.73 Å². The predicted molar refractivity (Wildman–Crippen MR) is 69.5 cm³/mol. The van der Waals surface area contributed by atoms with Crippen LogP contribution in [0, 0.1) is 5.82 Å². The van der Waals surface area contributed by atoms with E-state index in [4.69, 9.17) is 5.73 Å². The van der Waals surface area contributed by atoms with Gasteiger partial charge in [0.2, 0.25) is 0 Å². The zero-order valence-corrected chi connectivity index (χ0v) is 10.5. The third-order valence-electron chi connectivity index (χ3n) is 2.65. The molecule has 1 aromatic heterocycles. The number of nitrogens with zero attached hydrogens (tertiary/aromatic N) is 1. The van der Waals surface area contributed by atoms with Crippen LogP contribution in [-0.4, -0.2) is 11.0 Å². The minimum atomic E-state index is -0.225. The van der Waals surface area contributed by atoms with E-state index >= 15 is 0 Å². The molecule has 0 fully saturated rings. The van der Waals surface area contributed by atoms with Gasteiger partial charge in [0.1, 0.15) is 5.82 Å². The van der Waals surface area contributed by atoms with Gasteiger partial charge in [-0.1, -0.05) is 6.92 Å². The van der Waals surface area contributed by atoms with Crippen LogP contribution in [0.15, 0.2) is 29.6 Å². The number of rotatable bonds is 4. The summed E-state index contributed by atoms with van der Waals surface area (Å²) in [6.45, 7) is 2.07. The quantitative estimate of drug-likeness (QED) is 0.904. The number of thiazole rings is 1. The molecule has 2 N–H and O–H groups in total. The molecule has 1 heterocycles. The molecule has 0 radical (unpaired) electrons. The van der Waals surface area contributed by atoms with Gasteiger partial charge in [0.05, 0.1) is 10.7 Å². The summed E-state index contributed by atoms with van der Waals surface area (Å²) in [4.78, 5) is 4.51. The lowest BCUT2D eigenvalue weighted by Crippen LogP contribution is -2.21. The summed E-state index contributed by atoms with van der Waals surface area (Å²) in [5.74, 6) is -0.225. The van der Waals surface area contributed by atoms with Gasteiger partial charge in [-0.2, -0.15) is 0 Å². The molecular formula is C13H15FN2S. The van der Waals surface area contributed by atoms with Gasteiger partial charge < -0.3 is 5.73 Å². The van der Waals surface area contributed by atoms with E-state index in [0.717, 1.165) is 29.1 Å². The van der Waals surface area contributed by atoms with E-state index in [1.807, 2.05) is 5.38 Å². The van der Waals surface area contributed by atoms with E-state index in [1.54, 1.807) is 23.5 Å². The fraction of sp³-hybridized carbons (Fsp3) is 0.308. The molecule has 0 saturated carbocycles. The van der Waals surface area contributed by atoms with Crippen molar-refractivity contribution in [2.45, 2.75) is 25.8 Å². The van der Waals surface area contributed by atoms with Gasteiger partial charge in [0.25, 0.3) is 0 Å². The molecule has 0 aliphatic rings. The topological polar surface area (TPSA) is 38.9 Å². The van der Waals surface area contributed by atoms with E-state index in [9.17, 15) is 4.39 Å². The van der Waals surface area contributed by atoms with E-state index in [2.05, 4.69) is 11.9 Å². The number of aromatic nitrogens is 1. The first-order chi connectivity index (χ1) is 8.19. The average Bonchev–Trinajstić information content (AvgIpc) is 2.78. The summed E-state index contributed by atoms with van der Waals surface area (Å²) in [6.07, 6.45) is 1.76. The molecular weight excluding hydrogens is 235 g/mol. The third-order valence-corrected chi connectivity index (χ3v) is 3.52. The van der Waals surface area contributed by atoms with E-state index in [-0.39, 0.29) is 11.9 Å². The van der Waals surface area contributed by atoms with Gasteiger partial charge in [-0.25, -0.2) is 9.37 Å². The van der Waals surface area contributed by atoms with Crippen LogP contribution in [-0.2, 0) is 6.42 Å². The van der Waals surface area contributed by atoms with Gasteiger partial charge in [0, 0.05) is 23.4 Å². The molecule has 2 nitrogen and oxygen atoms in total. The zero-order valence-electron chi connectivity index (χ0n) is 9.69. The van der Waals surface area contributed by atoms with Gasteiger partial charge in [-0.05, 0) is 30.7 Å². The summed E-state index contributed by atoms with van der Waals surface area (Å²) in [7, 11) is 0. The van der Waals surface area contributed by atoms with Gasteiger partial charge in [0.15, 0.2) is 0 Å². The van der Waals surface area contributed by atoms with Crippen molar-refractivity contribution >= 4 is 11.3 Å². The maximum absolute atomic E-state index is 12.8. The Hall–Kier alpha value is -1.26. The van der Waals surface area contributed by atoms with Crippen LogP contribution in [0.2, 0.25) is 0 Å². The van der Waals surface area contributed by atoms with Crippen molar-refractivity contribution in [3.05, 3.63) is 40.5 Å². The molecule has 0 aliphatic carbocycles. The van der Waals surface area contributed by atoms with Crippen molar-refractivity contribution in [3.63, 3.8) is 0 Å². The number of halogens is 1. The zero-order chi connectivity index (χ0) is 12.3. The fourth-order valence-electron chi connectivity index (χ4n) is 1.53. The summed E-state index contributed by atoms with van der Waals surface area (Å²) in [6, 6.07) is 6.56. The standard InChI is InChI=1S/C13H15FN2S/c1-2-11(15)7-13-16-12(8-17-13)9-3-5-10(14)6-4-9/h3-6,8,11H,2,7,15H2,1H3. The Morgan fingerprint density at radius 2 is 2.06 bits per heavy atom. The minimum absolute atomic E-state index is 0.169. The number of hydrogen-bond acceptors (Lipinski definition) is 3. The monoisotopic (exact) mass is 250 g/mol. The molecule has 4 heteroatoms. The SMILES string of the molecule is CCC(N)Cc1nc(-c2ccc(F)cc2)cs1. The van der Waals surface area contributed by atoms with Crippen LogP contribution >= 0.6 is 11.3 Å². The van der Waals surface area contributed by atoms with Crippen LogP contribution in [0.4, 0.5) is 4.39 Å². The Morgan fingerprint density at radius 3 is 2.71 bits per heavy atom. The second-order valence-corrected chi connectivity index (χ2v) is 4.95. The summed E-state index contributed by atoms with van der Waals surface area (Å²) in [5, 5.41) is 3.03. The predicted octanol–water partition coefficient (Wildman–Crippen LogP) is 3.23. The molecule has 1 aromatic carbocycles. The lowest BCUT2D eigenvalue weighted by Gasteiger charge is -2.04. The molecule has 1 unspecified atom stereocenters. The normalized spacial score (nSPS) is 12.6. The van der Waals surface area contributed by atoms with Crippen LogP contribution in [0.25, 0.3) is 11.3 Å². The van der Waals surface area contributed by atoms with E-state index < -0.39 is 0 Å². The third kappa shape index (κ3) is 3.11.